The molecule has 170 valence electrons. The zero-order chi connectivity index (χ0) is 23.3. The molecule has 31 heavy (non-hydrogen) atoms. The van der Waals surface area contributed by atoms with E-state index in [1.165, 1.54) is 0 Å². The van der Waals surface area contributed by atoms with Crippen LogP contribution < -0.4 is 22.1 Å². The van der Waals surface area contributed by atoms with Crippen molar-refractivity contribution in [3.8, 4) is 0 Å². The molecule has 0 aliphatic carbocycles. The van der Waals surface area contributed by atoms with Crippen LogP contribution in [0, 0.1) is 11.6 Å². The fourth-order valence-electron chi connectivity index (χ4n) is 2.79. The molecule has 10 N–H and O–H groups in total. The van der Waals surface area contributed by atoms with E-state index in [0.29, 0.717) is 6.07 Å². The molecule has 1 aromatic rings. The van der Waals surface area contributed by atoms with Gasteiger partial charge in [0.05, 0.1) is 18.7 Å². The molecule has 1 aliphatic rings. The smallest absolute Gasteiger partial charge is 0.370 e. The van der Waals surface area contributed by atoms with Crippen LogP contribution in [0.15, 0.2) is 35.0 Å². The number of carboxylic acid groups (broad SMARTS) is 1. The SMILES string of the molecule is NC(N)=N[C@H]1C=C(C(=O)O)O[C@@H]([C@H](O)[C@H](O)CO)[C@@H]1NC(=O)Nc1ccc(F)c(F)c1. The lowest BCUT2D eigenvalue weighted by Crippen LogP contribution is -2.60. The topological polar surface area (TPSA) is 213 Å². The van der Waals surface area contributed by atoms with Crippen molar-refractivity contribution in [2.24, 2.45) is 16.5 Å². The van der Waals surface area contributed by atoms with Crippen molar-refractivity contribution in [2.75, 3.05) is 11.9 Å². The highest BCUT2D eigenvalue weighted by molar-refractivity contribution is 5.90. The Morgan fingerprint density at radius 2 is 1.90 bits per heavy atom. The molecule has 14 heteroatoms. The molecular formula is C17H21F2N5O7. The second-order valence-corrected chi connectivity index (χ2v) is 6.46. The standard InChI is InChI=1S/C17H21F2N5O7/c18-7-2-1-6(3-8(7)19)22-17(30)24-12-9(23-16(20)21)4-11(15(28)29)31-14(12)13(27)10(26)5-25/h1-4,9-10,12-14,25-27H,5H2,(H,28,29)(H4,20,21,23)(H2,22,24,30)/t9-,10+,12+,13+,14+/m0/s1. The number of hydrogen-bond donors (Lipinski definition) is 8. The molecule has 0 unspecified atom stereocenters. The lowest BCUT2D eigenvalue weighted by Gasteiger charge is -2.38. The number of aliphatic imine (C=N–C) groups is 1. The van der Waals surface area contributed by atoms with E-state index in [4.69, 9.17) is 21.3 Å². The number of anilines is 1. The lowest BCUT2D eigenvalue weighted by atomic mass is 9.92. The van der Waals surface area contributed by atoms with Crippen molar-refractivity contribution in [2.45, 2.75) is 30.4 Å². The number of ether oxygens (including phenoxy) is 1. The van der Waals surface area contributed by atoms with Gasteiger partial charge in [-0.15, -0.1) is 0 Å². The summed E-state index contributed by atoms with van der Waals surface area (Å²) in [4.78, 5) is 27.6. The van der Waals surface area contributed by atoms with E-state index in [9.17, 15) is 33.7 Å². The summed E-state index contributed by atoms with van der Waals surface area (Å²) in [5, 5.41) is 43.0. The highest BCUT2D eigenvalue weighted by Gasteiger charge is 2.44. The number of guanidine groups is 1. The van der Waals surface area contributed by atoms with E-state index < -0.39 is 72.4 Å². The Kier molecular flexibility index (Phi) is 7.68. The van der Waals surface area contributed by atoms with E-state index in [1.54, 1.807) is 0 Å². The fraction of sp³-hybridized carbons (Fsp3) is 0.353. The molecular weight excluding hydrogens is 424 g/mol. The molecule has 1 aliphatic heterocycles. The summed E-state index contributed by atoms with van der Waals surface area (Å²) in [6.45, 7) is -0.909. The van der Waals surface area contributed by atoms with Gasteiger partial charge in [-0.05, 0) is 18.2 Å². The predicted octanol–water partition coefficient (Wildman–Crippen LogP) is -1.82. The summed E-state index contributed by atoms with van der Waals surface area (Å²) < 4.78 is 31.6. The summed E-state index contributed by atoms with van der Waals surface area (Å²) in [5.41, 5.74) is 10.6. The van der Waals surface area contributed by atoms with Crippen molar-refractivity contribution in [1.29, 1.82) is 0 Å². The molecule has 0 fully saturated rings. The van der Waals surface area contributed by atoms with Crippen molar-refractivity contribution >= 4 is 23.6 Å². The Bertz CT molecular complexity index is 894. The maximum Gasteiger partial charge on any atom is 0.370 e. The monoisotopic (exact) mass is 445 g/mol. The molecule has 1 aromatic carbocycles. The first kappa shape index (κ1) is 23.8. The largest absolute Gasteiger partial charge is 0.478 e. The van der Waals surface area contributed by atoms with Crippen LogP contribution in [0.1, 0.15) is 0 Å². The van der Waals surface area contributed by atoms with Gasteiger partial charge < -0.3 is 47.3 Å². The van der Waals surface area contributed by atoms with E-state index >= 15 is 0 Å². The molecule has 12 nitrogen and oxygen atoms in total. The Balaban J connectivity index is 2.35. The molecule has 0 saturated heterocycles. The number of aliphatic hydroxyl groups excluding tert-OH is 3. The molecule has 0 bridgehead atoms. The quantitative estimate of drug-likeness (QED) is 0.175. The van der Waals surface area contributed by atoms with E-state index in [-0.39, 0.29) is 5.69 Å². The zero-order valence-electron chi connectivity index (χ0n) is 15.8. The van der Waals surface area contributed by atoms with Gasteiger partial charge in [0.15, 0.2) is 23.7 Å². The van der Waals surface area contributed by atoms with Crippen LogP contribution in [0.2, 0.25) is 0 Å². The minimum absolute atomic E-state index is 0.124. The Morgan fingerprint density at radius 3 is 2.45 bits per heavy atom. The number of aliphatic hydroxyl groups is 3. The van der Waals surface area contributed by atoms with Gasteiger partial charge in [0, 0.05) is 11.8 Å². The van der Waals surface area contributed by atoms with Gasteiger partial charge in [-0.1, -0.05) is 0 Å². The maximum atomic E-state index is 13.3. The second kappa shape index (κ2) is 10.0. The third-order valence-corrected chi connectivity index (χ3v) is 4.21. The van der Waals surface area contributed by atoms with Crippen molar-refractivity contribution in [3.63, 3.8) is 0 Å². The van der Waals surface area contributed by atoms with Crippen LogP contribution in [-0.2, 0) is 9.53 Å². The van der Waals surface area contributed by atoms with E-state index in [2.05, 4.69) is 15.6 Å². The number of nitrogens with two attached hydrogens (primary N) is 2. The van der Waals surface area contributed by atoms with Crippen LogP contribution in [0.4, 0.5) is 19.3 Å². The number of carbonyl (C=O) groups excluding carboxylic acids is 1. The normalized spacial score (nSPS) is 22.4. The number of halogens is 2. The summed E-state index contributed by atoms with van der Waals surface area (Å²) in [6, 6.07) is -1.06. The number of nitrogens with zero attached hydrogens (tertiary/aromatic N) is 1. The summed E-state index contributed by atoms with van der Waals surface area (Å²) in [5.74, 6) is -5.06. The van der Waals surface area contributed by atoms with Gasteiger partial charge in [0.2, 0.25) is 5.76 Å². The summed E-state index contributed by atoms with van der Waals surface area (Å²) in [7, 11) is 0. The second-order valence-electron chi connectivity index (χ2n) is 6.46. The molecule has 0 saturated carbocycles. The highest BCUT2D eigenvalue weighted by atomic mass is 19.2. The van der Waals surface area contributed by atoms with Gasteiger partial charge in [-0.3, -0.25) is 0 Å². The van der Waals surface area contributed by atoms with Gasteiger partial charge in [-0.2, -0.15) is 0 Å². The molecule has 5 atom stereocenters. The molecule has 0 spiro atoms. The average molecular weight is 445 g/mol. The number of hydrogen-bond acceptors (Lipinski definition) is 7. The Labute approximate surface area is 173 Å². The Morgan fingerprint density at radius 1 is 1.23 bits per heavy atom. The number of nitrogens with one attached hydrogen (secondary N) is 2. The van der Waals surface area contributed by atoms with Gasteiger partial charge >= 0.3 is 12.0 Å². The highest BCUT2D eigenvalue weighted by Crippen LogP contribution is 2.25. The molecule has 0 aromatic heterocycles. The molecule has 0 radical (unpaired) electrons. The molecule has 1 heterocycles. The van der Waals surface area contributed by atoms with Crippen molar-refractivity contribution in [1.82, 2.24) is 5.32 Å². The number of carboxylic acids is 1. The van der Waals surface area contributed by atoms with Gasteiger partial charge in [0.25, 0.3) is 0 Å². The molecule has 2 amide bonds. The van der Waals surface area contributed by atoms with Crippen LogP contribution in [0.3, 0.4) is 0 Å². The number of urea groups is 1. The fourth-order valence-corrected chi connectivity index (χ4v) is 2.79. The predicted molar refractivity (Wildman–Crippen MR) is 102 cm³/mol. The van der Waals surface area contributed by atoms with Crippen LogP contribution in [-0.4, -0.2) is 75.4 Å². The number of benzene rings is 1. The van der Waals surface area contributed by atoms with E-state index in [1.807, 2.05) is 0 Å². The van der Waals surface area contributed by atoms with Crippen LogP contribution >= 0.6 is 0 Å². The minimum atomic E-state index is -1.88. The summed E-state index contributed by atoms with van der Waals surface area (Å²) >= 11 is 0. The summed E-state index contributed by atoms with van der Waals surface area (Å²) in [6.07, 6.45) is -4.31. The maximum absolute atomic E-state index is 13.3. The van der Waals surface area contributed by atoms with Gasteiger partial charge in [0.1, 0.15) is 12.2 Å². The Hall–Kier alpha value is -3.49. The first-order valence-corrected chi connectivity index (χ1v) is 8.73. The minimum Gasteiger partial charge on any atom is -0.478 e. The van der Waals surface area contributed by atoms with Crippen LogP contribution in [0.25, 0.3) is 0 Å². The number of carbonyl (C=O) groups is 2. The third kappa shape index (κ3) is 6.00. The first-order chi connectivity index (χ1) is 14.5. The molecule has 2 rings (SSSR count). The number of aliphatic carboxylic acids is 1. The zero-order valence-corrected chi connectivity index (χ0v) is 15.8. The van der Waals surface area contributed by atoms with Crippen molar-refractivity contribution < 1.29 is 43.5 Å². The van der Waals surface area contributed by atoms with E-state index in [0.717, 1.165) is 18.2 Å². The van der Waals surface area contributed by atoms with Crippen molar-refractivity contribution in [3.05, 3.63) is 41.7 Å². The average Bonchev–Trinajstić information content (AvgIpc) is 2.70. The first-order valence-electron chi connectivity index (χ1n) is 8.73. The lowest BCUT2D eigenvalue weighted by molar-refractivity contribution is -0.144. The number of amides is 2. The third-order valence-electron chi connectivity index (χ3n) is 4.21. The van der Waals surface area contributed by atoms with Crippen LogP contribution in [0.5, 0.6) is 0 Å². The van der Waals surface area contributed by atoms with Gasteiger partial charge in [-0.25, -0.2) is 23.4 Å². The number of rotatable bonds is 7.